The molecule has 7 nitrogen and oxygen atoms in total. The van der Waals surface area contributed by atoms with Crippen molar-refractivity contribution in [1.82, 2.24) is 15.1 Å². The molecule has 7 heteroatoms. The minimum Gasteiger partial charge on any atom is -0.345 e. The van der Waals surface area contributed by atoms with Crippen LogP contribution < -0.4 is 10.6 Å². The number of nitrogens with one attached hydrogen (secondary N) is 3. The van der Waals surface area contributed by atoms with Crippen molar-refractivity contribution in [2.45, 2.75) is 0 Å². The van der Waals surface area contributed by atoms with Crippen LogP contribution in [0, 0.1) is 0 Å². The van der Waals surface area contributed by atoms with Gasteiger partial charge in [0.05, 0.1) is 23.6 Å². The molecule has 90 valence electrons. The van der Waals surface area contributed by atoms with Gasteiger partial charge in [-0.1, -0.05) is 5.16 Å². The van der Waals surface area contributed by atoms with E-state index in [1.54, 1.807) is 24.5 Å². The highest BCUT2D eigenvalue weighted by molar-refractivity contribution is 5.99. The summed E-state index contributed by atoms with van der Waals surface area (Å²) in [6.07, 6.45) is 3.05. The van der Waals surface area contributed by atoms with E-state index in [4.69, 9.17) is 4.52 Å². The van der Waals surface area contributed by atoms with Gasteiger partial charge in [0.2, 0.25) is 5.88 Å². The quantitative estimate of drug-likeness (QED) is 0.642. The molecule has 18 heavy (non-hydrogen) atoms. The van der Waals surface area contributed by atoms with E-state index >= 15 is 0 Å². The SMILES string of the molecule is O=C(Nc1ccc2nc[nH]c2c1)Nc1ccno1. The van der Waals surface area contributed by atoms with Gasteiger partial charge in [0.1, 0.15) is 0 Å². The normalized spacial score (nSPS) is 10.4. The van der Waals surface area contributed by atoms with Gasteiger partial charge in [-0.05, 0) is 18.2 Å². The molecule has 0 atom stereocenters. The number of imidazole rings is 1. The van der Waals surface area contributed by atoms with Crippen molar-refractivity contribution in [2.75, 3.05) is 10.6 Å². The van der Waals surface area contributed by atoms with E-state index in [0.29, 0.717) is 5.69 Å². The Morgan fingerprint density at radius 3 is 3.06 bits per heavy atom. The van der Waals surface area contributed by atoms with Crippen LogP contribution in [0.3, 0.4) is 0 Å². The zero-order valence-electron chi connectivity index (χ0n) is 9.18. The standard InChI is InChI=1S/C11H9N5O2/c17-11(16-10-3-4-14-18-10)15-7-1-2-8-9(5-7)13-6-12-8/h1-6H,(H,12,13)(H2,15,16,17). The van der Waals surface area contributed by atoms with Crippen LogP contribution in [0.15, 0.2) is 41.3 Å². The third-order valence-electron chi connectivity index (χ3n) is 2.35. The molecule has 0 fully saturated rings. The first-order chi connectivity index (χ1) is 8.81. The fourth-order valence-electron chi connectivity index (χ4n) is 1.57. The Labute approximate surface area is 101 Å². The Bertz CT molecular complexity index is 674. The van der Waals surface area contributed by atoms with E-state index < -0.39 is 6.03 Å². The summed E-state index contributed by atoms with van der Waals surface area (Å²) in [6.45, 7) is 0. The van der Waals surface area contributed by atoms with E-state index in [9.17, 15) is 4.79 Å². The molecule has 2 aromatic heterocycles. The van der Waals surface area contributed by atoms with Crippen LogP contribution in [0.5, 0.6) is 0 Å². The number of nitrogens with zero attached hydrogens (tertiary/aromatic N) is 2. The molecule has 0 bridgehead atoms. The summed E-state index contributed by atoms with van der Waals surface area (Å²) in [7, 11) is 0. The Morgan fingerprint density at radius 2 is 2.22 bits per heavy atom. The third-order valence-corrected chi connectivity index (χ3v) is 2.35. The topological polar surface area (TPSA) is 95.8 Å². The highest BCUT2D eigenvalue weighted by Gasteiger charge is 2.05. The van der Waals surface area contributed by atoms with Crippen LogP contribution in [-0.4, -0.2) is 21.2 Å². The van der Waals surface area contributed by atoms with Crippen molar-refractivity contribution in [2.24, 2.45) is 0 Å². The van der Waals surface area contributed by atoms with Gasteiger partial charge in [-0.15, -0.1) is 0 Å². The van der Waals surface area contributed by atoms with Gasteiger partial charge in [0.15, 0.2) is 0 Å². The van der Waals surface area contributed by atoms with Crippen molar-refractivity contribution in [3.05, 3.63) is 36.8 Å². The molecule has 0 unspecified atom stereocenters. The number of hydrogen-bond donors (Lipinski definition) is 3. The van der Waals surface area contributed by atoms with Crippen LogP contribution in [0.25, 0.3) is 11.0 Å². The monoisotopic (exact) mass is 243 g/mol. The third kappa shape index (κ3) is 2.01. The predicted octanol–water partition coefficient (Wildman–Crippen LogP) is 2.19. The van der Waals surface area contributed by atoms with Crippen LogP contribution in [0.2, 0.25) is 0 Å². The maximum atomic E-state index is 11.6. The summed E-state index contributed by atoms with van der Waals surface area (Å²) in [4.78, 5) is 18.7. The fraction of sp³-hybridized carbons (Fsp3) is 0. The fourth-order valence-corrected chi connectivity index (χ4v) is 1.57. The number of fused-ring (bicyclic) bond motifs is 1. The molecule has 0 aliphatic carbocycles. The van der Waals surface area contributed by atoms with Crippen LogP contribution in [-0.2, 0) is 0 Å². The van der Waals surface area contributed by atoms with Gasteiger partial charge < -0.3 is 14.8 Å². The molecule has 0 radical (unpaired) electrons. The van der Waals surface area contributed by atoms with Crippen molar-refractivity contribution < 1.29 is 9.32 Å². The smallest absolute Gasteiger partial charge is 0.326 e. The molecule has 2 heterocycles. The molecule has 0 saturated carbocycles. The lowest BCUT2D eigenvalue weighted by Gasteiger charge is -2.04. The molecule has 3 rings (SSSR count). The second-order valence-electron chi connectivity index (χ2n) is 3.59. The van der Waals surface area contributed by atoms with Gasteiger partial charge in [0, 0.05) is 11.8 Å². The van der Waals surface area contributed by atoms with E-state index in [0.717, 1.165) is 11.0 Å². The summed E-state index contributed by atoms with van der Waals surface area (Å²) >= 11 is 0. The van der Waals surface area contributed by atoms with Gasteiger partial charge in [-0.3, -0.25) is 5.32 Å². The largest absolute Gasteiger partial charge is 0.345 e. The molecule has 1 aromatic carbocycles. The van der Waals surface area contributed by atoms with Gasteiger partial charge in [-0.25, -0.2) is 9.78 Å². The van der Waals surface area contributed by atoms with Crippen molar-refractivity contribution in [3.63, 3.8) is 0 Å². The first-order valence-corrected chi connectivity index (χ1v) is 5.23. The van der Waals surface area contributed by atoms with Crippen molar-refractivity contribution in [3.8, 4) is 0 Å². The average molecular weight is 243 g/mol. The molecular weight excluding hydrogens is 234 g/mol. The summed E-state index contributed by atoms with van der Waals surface area (Å²) in [5.74, 6) is 0.287. The molecule has 0 aliphatic heterocycles. The lowest BCUT2D eigenvalue weighted by Crippen LogP contribution is -2.18. The number of anilines is 2. The number of aromatic amines is 1. The highest BCUT2D eigenvalue weighted by atomic mass is 16.5. The highest BCUT2D eigenvalue weighted by Crippen LogP contribution is 2.15. The molecule has 0 saturated heterocycles. The Morgan fingerprint density at radius 1 is 1.28 bits per heavy atom. The van der Waals surface area contributed by atoms with Gasteiger partial charge in [-0.2, -0.15) is 0 Å². The maximum Gasteiger partial charge on any atom is 0.326 e. The van der Waals surface area contributed by atoms with Gasteiger partial charge >= 0.3 is 6.03 Å². The van der Waals surface area contributed by atoms with E-state index in [1.807, 2.05) is 6.07 Å². The summed E-state index contributed by atoms with van der Waals surface area (Å²) < 4.78 is 4.76. The minimum absolute atomic E-state index is 0.287. The van der Waals surface area contributed by atoms with Crippen LogP contribution in [0.4, 0.5) is 16.4 Å². The van der Waals surface area contributed by atoms with Gasteiger partial charge in [0.25, 0.3) is 0 Å². The molecule has 3 N–H and O–H groups in total. The van der Waals surface area contributed by atoms with Crippen LogP contribution >= 0.6 is 0 Å². The second-order valence-corrected chi connectivity index (χ2v) is 3.59. The summed E-state index contributed by atoms with van der Waals surface area (Å²) in [5, 5.41) is 8.67. The van der Waals surface area contributed by atoms with E-state index in [-0.39, 0.29) is 5.88 Å². The number of aromatic nitrogens is 3. The number of carbonyl (C=O) groups excluding carboxylic acids is 1. The maximum absolute atomic E-state index is 11.6. The number of amides is 2. The Balaban J connectivity index is 1.73. The number of hydrogen-bond acceptors (Lipinski definition) is 4. The number of carbonyl (C=O) groups is 1. The molecule has 3 aromatic rings. The summed E-state index contributed by atoms with van der Waals surface area (Å²) in [5.41, 5.74) is 2.35. The zero-order valence-corrected chi connectivity index (χ0v) is 9.18. The molecule has 0 aliphatic rings. The number of benzene rings is 1. The molecule has 2 amide bonds. The number of rotatable bonds is 2. The molecule has 0 spiro atoms. The lowest BCUT2D eigenvalue weighted by atomic mass is 10.3. The minimum atomic E-state index is -0.398. The lowest BCUT2D eigenvalue weighted by molar-refractivity contribution is 0.261. The molecular formula is C11H9N5O2. The average Bonchev–Trinajstić information content (AvgIpc) is 2.98. The van der Waals surface area contributed by atoms with Crippen LogP contribution in [0.1, 0.15) is 0 Å². The summed E-state index contributed by atoms with van der Waals surface area (Å²) in [6, 6.07) is 6.53. The number of urea groups is 1. The zero-order chi connectivity index (χ0) is 12.4. The first-order valence-electron chi connectivity index (χ1n) is 5.23. The number of H-pyrrole nitrogens is 1. The first kappa shape index (κ1) is 10.3. The van der Waals surface area contributed by atoms with Crippen molar-refractivity contribution >= 4 is 28.6 Å². The predicted molar refractivity (Wildman–Crippen MR) is 65.2 cm³/mol. The Kier molecular flexibility index (Phi) is 2.41. The second kappa shape index (κ2) is 4.21. The Hall–Kier alpha value is -2.83. The van der Waals surface area contributed by atoms with E-state index in [2.05, 4.69) is 25.8 Å². The van der Waals surface area contributed by atoms with E-state index in [1.165, 1.54) is 6.20 Å². The van der Waals surface area contributed by atoms with Crippen molar-refractivity contribution in [1.29, 1.82) is 0 Å².